The van der Waals surface area contributed by atoms with Gasteiger partial charge in [-0.05, 0) is 55.8 Å². The number of hydrogen-bond donors (Lipinski definition) is 1. The zero-order valence-corrected chi connectivity index (χ0v) is 20.7. The molecule has 0 heterocycles. The number of rotatable bonds is 9. The van der Waals surface area contributed by atoms with E-state index in [-0.39, 0.29) is 12.5 Å². The first-order chi connectivity index (χ1) is 14.5. The van der Waals surface area contributed by atoms with Crippen molar-refractivity contribution in [3.8, 4) is 0 Å². The monoisotopic (exact) mass is 529 g/mol. The Kier molecular flexibility index (Phi) is 8.90. The standard InChI is InChI=1S/C21H25BrClN3O4S/c1-4-24-21(28)15(2)25(13-16-6-5-7-18(23)12-16)20(27)14-26(31(3,29)30)19-10-8-17(22)9-11-19/h5-12,15H,4,13-14H2,1-3H3,(H,24,28). The second kappa shape index (κ2) is 11.0. The highest BCUT2D eigenvalue weighted by Crippen LogP contribution is 2.22. The van der Waals surface area contributed by atoms with Crippen LogP contribution in [-0.4, -0.2) is 50.5 Å². The minimum Gasteiger partial charge on any atom is -0.355 e. The third-order valence-electron chi connectivity index (χ3n) is 4.55. The van der Waals surface area contributed by atoms with Crippen LogP contribution in [0.4, 0.5) is 5.69 Å². The van der Waals surface area contributed by atoms with Crippen molar-refractivity contribution in [1.29, 1.82) is 0 Å². The first kappa shape index (κ1) is 25.2. The van der Waals surface area contributed by atoms with E-state index in [0.29, 0.717) is 17.3 Å². The zero-order valence-electron chi connectivity index (χ0n) is 17.5. The van der Waals surface area contributed by atoms with Gasteiger partial charge in [-0.15, -0.1) is 0 Å². The molecule has 0 saturated carbocycles. The molecule has 1 N–H and O–H groups in total. The highest BCUT2D eigenvalue weighted by Gasteiger charge is 2.29. The van der Waals surface area contributed by atoms with Crippen molar-refractivity contribution in [3.05, 3.63) is 63.6 Å². The van der Waals surface area contributed by atoms with Crippen molar-refractivity contribution in [2.24, 2.45) is 0 Å². The number of likely N-dealkylation sites (N-methyl/N-ethyl adjacent to an activating group) is 1. The third kappa shape index (κ3) is 7.22. The Labute approximate surface area is 196 Å². The van der Waals surface area contributed by atoms with E-state index in [1.54, 1.807) is 62.4 Å². The van der Waals surface area contributed by atoms with Gasteiger partial charge in [0, 0.05) is 22.6 Å². The van der Waals surface area contributed by atoms with Crippen LogP contribution in [0.5, 0.6) is 0 Å². The lowest BCUT2D eigenvalue weighted by Gasteiger charge is -2.31. The van der Waals surface area contributed by atoms with E-state index >= 15 is 0 Å². The Hall–Kier alpha value is -2.10. The molecular weight excluding hydrogens is 506 g/mol. The van der Waals surface area contributed by atoms with Crippen LogP contribution in [0.15, 0.2) is 53.0 Å². The van der Waals surface area contributed by atoms with Crippen molar-refractivity contribution >= 4 is 55.1 Å². The number of halogens is 2. The average molecular weight is 531 g/mol. The summed E-state index contributed by atoms with van der Waals surface area (Å²) >= 11 is 9.38. The Morgan fingerprint density at radius 3 is 2.35 bits per heavy atom. The summed E-state index contributed by atoms with van der Waals surface area (Å²) in [7, 11) is -3.75. The van der Waals surface area contributed by atoms with Crippen LogP contribution in [0.25, 0.3) is 0 Å². The summed E-state index contributed by atoms with van der Waals surface area (Å²) in [6.07, 6.45) is 1.04. The molecule has 0 bridgehead atoms. The lowest BCUT2D eigenvalue weighted by atomic mass is 10.1. The van der Waals surface area contributed by atoms with E-state index in [2.05, 4.69) is 21.2 Å². The molecule has 7 nitrogen and oxygen atoms in total. The lowest BCUT2D eigenvalue weighted by Crippen LogP contribution is -2.51. The van der Waals surface area contributed by atoms with Crippen molar-refractivity contribution in [1.82, 2.24) is 10.2 Å². The summed E-state index contributed by atoms with van der Waals surface area (Å²) in [5, 5.41) is 3.21. The predicted molar refractivity (Wildman–Crippen MR) is 126 cm³/mol. The SMILES string of the molecule is CCNC(=O)C(C)N(Cc1cccc(Cl)c1)C(=O)CN(c1ccc(Br)cc1)S(C)(=O)=O. The molecule has 2 aromatic carbocycles. The summed E-state index contributed by atoms with van der Waals surface area (Å²) in [5.74, 6) is -0.834. The molecule has 0 aromatic heterocycles. The van der Waals surface area contributed by atoms with E-state index in [4.69, 9.17) is 11.6 Å². The molecule has 2 amide bonds. The molecular formula is C21H25BrClN3O4S. The number of nitrogens with one attached hydrogen (secondary N) is 1. The molecule has 10 heteroatoms. The lowest BCUT2D eigenvalue weighted by molar-refractivity contribution is -0.139. The van der Waals surface area contributed by atoms with Crippen LogP contribution in [-0.2, 0) is 26.2 Å². The van der Waals surface area contributed by atoms with Gasteiger partial charge >= 0.3 is 0 Å². The van der Waals surface area contributed by atoms with Crippen molar-refractivity contribution in [3.63, 3.8) is 0 Å². The van der Waals surface area contributed by atoms with E-state index in [9.17, 15) is 18.0 Å². The second-order valence-electron chi connectivity index (χ2n) is 6.97. The number of benzene rings is 2. The molecule has 0 aliphatic carbocycles. The van der Waals surface area contributed by atoms with Crippen molar-refractivity contribution in [2.75, 3.05) is 23.7 Å². The first-order valence-electron chi connectivity index (χ1n) is 9.57. The summed E-state index contributed by atoms with van der Waals surface area (Å²) in [4.78, 5) is 27.1. The van der Waals surface area contributed by atoms with Crippen LogP contribution < -0.4 is 9.62 Å². The van der Waals surface area contributed by atoms with E-state index in [1.165, 1.54) is 4.90 Å². The summed E-state index contributed by atoms with van der Waals surface area (Å²) in [6.45, 7) is 3.47. The Bertz CT molecular complexity index is 1030. The zero-order chi connectivity index (χ0) is 23.2. The fraction of sp³-hybridized carbons (Fsp3) is 0.333. The quantitative estimate of drug-likeness (QED) is 0.538. The normalized spacial score (nSPS) is 12.2. The predicted octanol–water partition coefficient (Wildman–Crippen LogP) is 3.42. The highest BCUT2D eigenvalue weighted by atomic mass is 79.9. The molecule has 0 fully saturated rings. The molecule has 2 aromatic rings. The highest BCUT2D eigenvalue weighted by molar-refractivity contribution is 9.10. The maximum Gasteiger partial charge on any atom is 0.244 e. The maximum absolute atomic E-state index is 13.3. The van der Waals surface area contributed by atoms with Gasteiger partial charge in [-0.2, -0.15) is 0 Å². The molecule has 168 valence electrons. The second-order valence-corrected chi connectivity index (χ2v) is 10.2. The smallest absolute Gasteiger partial charge is 0.244 e. The molecule has 0 radical (unpaired) electrons. The summed E-state index contributed by atoms with van der Waals surface area (Å²) < 4.78 is 26.7. The molecule has 0 aliphatic rings. The van der Waals surface area contributed by atoms with Gasteiger partial charge in [0.1, 0.15) is 12.6 Å². The fourth-order valence-electron chi connectivity index (χ4n) is 2.96. The number of sulfonamides is 1. The fourth-order valence-corrected chi connectivity index (χ4v) is 4.28. The van der Waals surface area contributed by atoms with Crippen molar-refractivity contribution in [2.45, 2.75) is 26.4 Å². The molecule has 2 rings (SSSR count). The van der Waals surface area contributed by atoms with Gasteiger partial charge in [0.2, 0.25) is 21.8 Å². The molecule has 0 aliphatic heterocycles. The van der Waals surface area contributed by atoms with Crippen LogP contribution >= 0.6 is 27.5 Å². The Morgan fingerprint density at radius 1 is 1.16 bits per heavy atom. The van der Waals surface area contributed by atoms with Crippen molar-refractivity contribution < 1.29 is 18.0 Å². The van der Waals surface area contributed by atoms with Gasteiger partial charge in [-0.3, -0.25) is 13.9 Å². The van der Waals surface area contributed by atoms with Crippen LogP contribution in [0.1, 0.15) is 19.4 Å². The number of carbonyl (C=O) groups excluding carboxylic acids is 2. The third-order valence-corrected chi connectivity index (χ3v) is 6.46. The van der Waals surface area contributed by atoms with Crippen LogP contribution in [0.3, 0.4) is 0 Å². The Morgan fingerprint density at radius 2 is 1.81 bits per heavy atom. The number of hydrogen-bond acceptors (Lipinski definition) is 4. The first-order valence-corrected chi connectivity index (χ1v) is 12.6. The molecule has 1 atom stereocenters. The van der Waals surface area contributed by atoms with Gasteiger partial charge < -0.3 is 10.2 Å². The molecule has 31 heavy (non-hydrogen) atoms. The van der Waals surface area contributed by atoms with E-state index < -0.39 is 28.5 Å². The maximum atomic E-state index is 13.3. The minimum absolute atomic E-state index is 0.107. The number of nitrogens with zero attached hydrogens (tertiary/aromatic N) is 2. The number of anilines is 1. The van der Waals surface area contributed by atoms with Crippen LogP contribution in [0.2, 0.25) is 5.02 Å². The van der Waals surface area contributed by atoms with E-state index in [1.807, 2.05) is 0 Å². The summed E-state index contributed by atoms with van der Waals surface area (Å²) in [5.41, 5.74) is 1.08. The van der Waals surface area contributed by atoms with Gasteiger partial charge in [0.25, 0.3) is 0 Å². The van der Waals surface area contributed by atoms with E-state index in [0.717, 1.165) is 20.6 Å². The number of carbonyl (C=O) groups is 2. The largest absolute Gasteiger partial charge is 0.355 e. The van der Waals surface area contributed by atoms with Gasteiger partial charge in [0.15, 0.2) is 0 Å². The summed E-state index contributed by atoms with van der Waals surface area (Å²) in [6, 6.07) is 12.7. The average Bonchev–Trinajstić information content (AvgIpc) is 2.70. The minimum atomic E-state index is -3.75. The topological polar surface area (TPSA) is 86.8 Å². The molecule has 1 unspecified atom stereocenters. The van der Waals surface area contributed by atoms with Gasteiger partial charge in [-0.25, -0.2) is 8.42 Å². The van der Waals surface area contributed by atoms with Crippen LogP contribution in [0, 0.1) is 0 Å². The molecule has 0 spiro atoms. The van der Waals surface area contributed by atoms with Gasteiger partial charge in [-0.1, -0.05) is 39.7 Å². The molecule has 0 saturated heterocycles. The number of amides is 2. The Balaban J connectivity index is 2.37. The van der Waals surface area contributed by atoms with Gasteiger partial charge in [0.05, 0.1) is 11.9 Å².